The molecule has 1 atom stereocenters. The zero-order chi connectivity index (χ0) is 16.6. The first-order chi connectivity index (χ1) is 11.0. The Hall–Kier alpha value is -2.24. The lowest BCUT2D eigenvalue weighted by atomic mass is 10.1. The smallest absolute Gasteiger partial charge is 0.256 e. The summed E-state index contributed by atoms with van der Waals surface area (Å²) in [5.41, 5.74) is 0.179. The number of rotatable bonds is 4. The molecule has 1 aromatic rings. The zero-order valence-electron chi connectivity index (χ0n) is 13.0. The molecule has 1 aliphatic carbocycles. The van der Waals surface area contributed by atoms with Crippen molar-refractivity contribution in [1.82, 2.24) is 9.80 Å². The van der Waals surface area contributed by atoms with E-state index in [1.54, 1.807) is 16.8 Å². The van der Waals surface area contributed by atoms with Gasteiger partial charge in [0.05, 0.1) is 11.6 Å². The molecule has 23 heavy (non-hydrogen) atoms. The molecule has 5 nitrogen and oxygen atoms in total. The highest BCUT2D eigenvalue weighted by molar-refractivity contribution is 5.96. The number of likely N-dealkylation sites (N-methyl/N-ethyl adjacent to an activating group) is 1. The van der Waals surface area contributed by atoms with Crippen molar-refractivity contribution < 1.29 is 18.8 Å². The monoisotopic (exact) mass is 318 g/mol. The largest absolute Gasteiger partial charge is 0.341 e. The average molecular weight is 318 g/mol. The Morgan fingerprint density at radius 3 is 2.70 bits per heavy atom. The summed E-state index contributed by atoms with van der Waals surface area (Å²) in [5.74, 6) is -0.780. The van der Waals surface area contributed by atoms with Gasteiger partial charge >= 0.3 is 0 Å². The van der Waals surface area contributed by atoms with Crippen molar-refractivity contribution in [2.75, 3.05) is 20.1 Å². The van der Waals surface area contributed by atoms with Crippen LogP contribution in [0, 0.1) is 11.7 Å². The van der Waals surface area contributed by atoms with Crippen LogP contribution in [0.4, 0.5) is 4.39 Å². The van der Waals surface area contributed by atoms with Gasteiger partial charge in [0.25, 0.3) is 5.91 Å². The summed E-state index contributed by atoms with van der Waals surface area (Å²) in [4.78, 5) is 38.7. The number of carbonyl (C=O) groups is 3. The highest BCUT2D eigenvalue weighted by Crippen LogP contribution is 2.32. The van der Waals surface area contributed by atoms with Crippen LogP contribution >= 0.6 is 0 Å². The maximum Gasteiger partial charge on any atom is 0.256 e. The molecule has 1 heterocycles. The summed E-state index contributed by atoms with van der Waals surface area (Å²) in [5, 5.41) is 0. The number of hydrogen-bond donors (Lipinski definition) is 0. The molecule has 2 aliphatic rings. The predicted molar refractivity (Wildman–Crippen MR) is 81.6 cm³/mol. The van der Waals surface area contributed by atoms with Gasteiger partial charge in [0.2, 0.25) is 5.91 Å². The molecular formula is C17H19FN2O3. The molecule has 1 unspecified atom stereocenters. The Morgan fingerprint density at radius 1 is 1.30 bits per heavy atom. The first-order valence-corrected chi connectivity index (χ1v) is 7.82. The van der Waals surface area contributed by atoms with E-state index in [1.165, 1.54) is 12.1 Å². The fourth-order valence-electron chi connectivity index (χ4n) is 2.99. The van der Waals surface area contributed by atoms with E-state index in [1.807, 2.05) is 0 Å². The fraction of sp³-hybridized carbons (Fsp3) is 0.471. The van der Waals surface area contributed by atoms with Crippen LogP contribution in [0.1, 0.15) is 40.0 Å². The molecule has 1 aromatic carbocycles. The summed E-state index contributed by atoms with van der Waals surface area (Å²) in [7, 11) is 1.77. The van der Waals surface area contributed by atoms with Gasteiger partial charge in [0.1, 0.15) is 12.1 Å². The Morgan fingerprint density at radius 2 is 2.04 bits per heavy atom. The molecule has 0 bridgehead atoms. The van der Waals surface area contributed by atoms with Crippen LogP contribution < -0.4 is 0 Å². The third kappa shape index (κ3) is 3.11. The van der Waals surface area contributed by atoms with Crippen LogP contribution in [0.3, 0.4) is 0 Å². The number of likely N-dealkylation sites (tertiary alicyclic amines) is 1. The predicted octanol–water partition coefficient (Wildman–Crippen LogP) is 1.72. The first kappa shape index (κ1) is 15.6. The molecule has 1 saturated heterocycles. The minimum atomic E-state index is -0.633. The van der Waals surface area contributed by atoms with E-state index in [2.05, 4.69) is 0 Å². The molecule has 6 heteroatoms. The fourth-order valence-corrected chi connectivity index (χ4v) is 2.99. The molecule has 2 fully saturated rings. The number of amides is 2. The van der Waals surface area contributed by atoms with Gasteiger partial charge in [-0.25, -0.2) is 4.39 Å². The van der Waals surface area contributed by atoms with E-state index in [0.29, 0.717) is 25.8 Å². The highest BCUT2D eigenvalue weighted by atomic mass is 19.1. The van der Waals surface area contributed by atoms with Crippen LogP contribution in [-0.4, -0.2) is 54.1 Å². The van der Waals surface area contributed by atoms with Crippen molar-refractivity contribution >= 4 is 18.1 Å². The van der Waals surface area contributed by atoms with E-state index in [4.69, 9.17) is 0 Å². The second kappa shape index (κ2) is 6.10. The second-order valence-electron chi connectivity index (χ2n) is 6.27. The summed E-state index contributed by atoms with van der Waals surface area (Å²) >= 11 is 0. The Labute approximate surface area is 134 Å². The lowest BCUT2D eigenvalue weighted by Crippen LogP contribution is -2.40. The number of carbonyl (C=O) groups excluding carboxylic acids is 3. The summed E-state index contributed by atoms with van der Waals surface area (Å²) in [6.45, 7) is 0.884. The average Bonchev–Trinajstić information content (AvgIpc) is 3.30. The molecule has 0 N–H and O–H groups in total. The van der Waals surface area contributed by atoms with E-state index in [-0.39, 0.29) is 29.0 Å². The number of aldehydes is 1. The molecule has 2 amide bonds. The van der Waals surface area contributed by atoms with Gasteiger partial charge in [-0.1, -0.05) is 0 Å². The van der Waals surface area contributed by atoms with Crippen LogP contribution in [0.5, 0.6) is 0 Å². The minimum absolute atomic E-state index is 0.0237. The minimum Gasteiger partial charge on any atom is -0.341 e. The van der Waals surface area contributed by atoms with Gasteiger partial charge in [-0.2, -0.15) is 0 Å². The van der Waals surface area contributed by atoms with Gasteiger partial charge in [-0.3, -0.25) is 14.4 Å². The normalized spacial score (nSPS) is 20.4. The molecule has 122 valence electrons. The highest BCUT2D eigenvalue weighted by Gasteiger charge is 2.37. The Bertz CT molecular complexity index is 657. The van der Waals surface area contributed by atoms with E-state index >= 15 is 0 Å². The van der Waals surface area contributed by atoms with Gasteiger partial charge in [-0.15, -0.1) is 0 Å². The van der Waals surface area contributed by atoms with Crippen molar-refractivity contribution in [2.45, 2.75) is 25.3 Å². The summed E-state index contributed by atoms with van der Waals surface area (Å²) in [6.07, 6.45) is 3.17. The molecular weight excluding hydrogens is 299 g/mol. The van der Waals surface area contributed by atoms with Crippen LogP contribution in [-0.2, 0) is 4.79 Å². The standard InChI is InChI=1S/C17H19FN2O3/c1-19(16(22)12-3-4-12)13-6-7-20(9-13)17(23)14-8-11(10-21)2-5-15(14)18/h2,5,8,10,12-13H,3-4,6-7,9H2,1H3. The van der Waals surface area contributed by atoms with E-state index < -0.39 is 11.7 Å². The van der Waals surface area contributed by atoms with Crippen molar-refractivity contribution in [3.63, 3.8) is 0 Å². The quantitative estimate of drug-likeness (QED) is 0.794. The topological polar surface area (TPSA) is 57.7 Å². The number of benzene rings is 1. The number of hydrogen-bond acceptors (Lipinski definition) is 3. The lowest BCUT2D eigenvalue weighted by molar-refractivity contribution is -0.133. The lowest BCUT2D eigenvalue weighted by Gasteiger charge is -2.25. The van der Waals surface area contributed by atoms with Gasteiger partial charge < -0.3 is 9.80 Å². The molecule has 0 radical (unpaired) electrons. The number of halogens is 1. The van der Waals surface area contributed by atoms with Crippen molar-refractivity contribution in [1.29, 1.82) is 0 Å². The maximum absolute atomic E-state index is 13.9. The molecule has 0 aromatic heterocycles. The third-order valence-corrected chi connectivity index (χ3v) is 4.63. The van der Waals surface area contributed by atoms with Gasteiger partial charge in [-0.05, 0) is 37.5 Å². The van der Waals surface area contributed by atoms with Crippen LogP contribution in [0.25, 0.3) is 0 Å². The molecule has 1 aliphatic heterocycles. The molecule has 3 rings (SSSR count). The maximum atomic E-state index is 13.9. The van der Waals surface area contributed by atoms with Gasteiger partial charge in [0.15, 0.2) is 0 Å². The van der Waals surface area contributed by atoms with Crippen molar-refractivity contribution in [3.8, 4) is 0 Å². The Kier molecular flexibility index (Phi) is 4.15. The zero-order valence-corrected chi connectivity index (χ0v) is 13.0. The summed E-state index contributed by atoms with van der Waals surface area (Å²) in [6, 6.07) is 3.72. The van der Waals surface area contributed by atoms with Crippen molar-refractivity contribution in [3.05, 3.63) is 35.1 Å². The van der Waals surface area contributed by atoms with E-state index in [9.17, 15) is 18.8 Å². The third-order valence-electron chi connectivity index (χ3n) is 4.63. The van der Waals surface area contributed by atoms with Gasteiger partial charge in [0, 0.05) is 31.6 Å². The van der Waals surface area contributed by atoms with Crippen LogP contribution in [0.15, 0.2) is 18.2 Å². The number of nitrogens with zero attached hydrogens (tertiary/aromatic N) is 2. The molecule has 1 saturated carbocycles. The summed E-state index contributed by atoms with van der Waals surface area (Å²) < 4.78 is 13.9. The first-order valence-electron chi connectivity index (χ1n) is 7.82. The second-order valence-corrected chi connectivity index (χ2v) is 6.27. The Balaban J connectivity index is 1.69. The van der Waals surface area contributed by atoms with Crippen LogP contribution in [0.2, 0.25) is 0 Å². The van der Waals surface area contributed by atoms with E-state index in [0.717, 1.165) is 18.9 Å². The SMILES string of the molecule is CN(C(=O)C1CC1)C1CCN(C(=O)c2cc(C=O)ccc2F)C1. The van der Waals surface area contributed by atoms with Crippen molar-refractivity contribution in [2.24, 2.45) is 5.92 Å². The molecule has 0 spiro atoms.